The monoisotopic (exact) mass is 311 g/mol. The summed E-state index contributed by atoms with van der Waals surface area (Å²) in [6.07, 6.45) is 5.92. The smallest absolute Gasteiger partial charge is 0.339 e. The topological polar surface area (TPSA) is 104 Å². The van der Waals surface area contributed by atoms with Crippen LogP contribution in [0.1, 0.15) is 35.7 Å². The number of rotatable bonds is 6. The molecule has 114 valence electrons. The maximum atomic E-state index is 12.3. The van der Waals surface area contributed by atoms with Gasteiger partial charge in [0.1, 0.15) is 11.3 Å². The maximum Gasteiger partial charge on any atom is 0.339 e. The lowest BCUT2D eigenvalue weighted by Crippen LogP contribution is -2.34. The minimum atomic E-state index is -3.92. The number of carboxylic acid groups (broad SMARTS) is 1. The third-order valence-corrected chi connectivity index (χ3v) is 4.65. The lowest BCUT2D eigenvalue weighted by molar-refractivity contribution is 0.0693. The van der Waals surface area contributed by atoms with Crippen LogP contribution >= 0.6 is 0 Å². The van der Waals surface area contributed by atoms with Gasteiger partial charge in [0.2, 0.25) is 10.0 Å². The summed E-state index contributed by atoms with van der Waals surface area (Å²) < 4.78 is 27.1. The highest BCUT2D eigenvalue weighted by atomic mass is 32.2. The molecule has 6 nitrogen and oxygen atoms in total. The van der Waals surface area contributed by atoms with E-state index < -0.39 is 33.3 Å². The van der Waals surface area contributed by atoms with Crippen LogP contribution < -0.4 is 4.72 Å². The first-order chi connectivity index (χ1) is 9.72. The molecule has 1 rings (SSSR count). The molecule has 0 heterocycles. The molecular formula is C14H17NO5S. The zero-order valence-corrected chi connectivity index (χ0v) is 12.6. The molecule has 0 amide bonds. The lowest BCUT2D eigenvalue weighted by atomic mass is 10.1. The molecule has 1 atom stereocenters. The number of terminal acetylenes is 1. The number of hydrogen-bond donors (Lipinski definition) is 3. The summed E-state index contributed by atoms with van der Waals surface area (Å²) in [6, 6.07) is 1.62. The summed E-state index contributed by atoms with van der Waals surface area (Å²) in [5.41, 5.74) is -0.216. The van der Waals surface area contributed by atoms with E-state index in [1.54, 1.807) is 6.92 Å². The average molecular weight is 311 g/mol. The first kappa shape index (κ1) is 17.0. The van der Waals surface area contributed by atoms with Gasteiger partial charge < -0.3 is 10.2 Å². The molecule has 3 N–H and O–H groups in total. The summed E-state index contributed by atoms with van der Waals surface area (Å²) in [5.74, 6) is 0.505. The molecule has 0 saturated carbocycles. The Labute approximate surface area is 123 Å². The van der Waals surface area contributed by atoms with Crippen LogP contribution in [0.25, 0.3) is 0 Å². The highest BCUT2D eigenvalue weighted by Gasteiger charge is 2.23. The van der Waals surface area contributed by atoms with Gasteiger partial charge >= 0.3 is 5.97 Å². The fourth-order valence-corrected chi connectivity index (χ4v) is 3.40. The standard InChI is InChI=1S/C14H17NO5S/c1-4-6-10(5-2)15-21(19,20)13-8-11(14(17)18)12(16)7-9(13)3/h1,7-8,10,15-16H,5-6H2,2-3H3,(H,17,18). The number of hydrogen-bond acceptors (Lipinski definition) is 4. The Morgan fingerprint density at radius 2 is 2.10 bits per heavy atom. The van der Waals surface area contributed by atoms with Gasteiger partial charge in [-0.15, -0.1) is 12.3 Å². The van der Waals surface area contributed by atoms with Crippen molar-refractivity contribution in [2.45, 2.75) is 37.6 Å². The molecular weight excluding hydrogens is 294 g/mol. The number of benzene rings is 1. The van der Waals surface area contributed by atoms with E-state index in [4.69, 9.17) is 11.5 Å². The van der Waals surface area contributed by atoms with Crippen LogP contribution in [0.2, 0.25) is 0 Å². The molecule has 7 heteroatoms. The third kappa shape index (κ3) is 3.97. The Morgan fingerprint density at radius 3 is 2.57 bits per heavy atom. The Bertz CT molecular complexity index is 688. The Kier molecular flexibility index (Phi) is 5.35. The van der Waals surface area contributed by atoms with E-state index in [0.717, 1.165) is 12.1 Å². The SMILES string of the molecule is C#CCC(CC)NS(=O)(=O)c1cc(C(=O)O)c(O)cc1C. The van der Waals surface area contributed by atoms with Gasteiger partial charge in [-0.2, -0.15) is 0 Å². The van der Waals surface area contributed by atoms with Gasteiger partial charge in [0, 0.05) is 12.5 Å². The maximum absolute atomic E-state index is 12.3. The number of aryl methyl sites for hydroxylation is 1. The van der Waals surface area contributed by atoms with Crippen LogP contribution in [0.5, 0.6) is 5.75 Å². The second-order valence-electron chi connectivity index (χ2n) is 4.57. The molecule has 0 fully saturated rings. The quantitative estimate of drug-likeness (QED) is 0.690. The normalized spacial score (nSPS) is 12.6. The van der Waals surface area contributed by atoms with Crippen molar-refractivity contribution in [1.29, 1.82) is 0 Å². The number of aromatic carboxylic acids is 1. The van der Waals surface area contributed by atoms with Gasteiger partial charge in [-0.25, -0.2) is 17.9 Å². The second kappa shape index (κ2) is 6.61. The number of carboxylic acids is 1. The zero-order chi connectivity index (χ0) is 16.2. The summed E-state index contributed by atoms with van der Waals surface area (Å²) in [4.78, 5) is 10.8. The Balaban J connectivity index is 3.29. The van der Waals surface area contributed by atoms with E-state index in [9.17, 15) is 18.3 Å². The fourth-order valence-electron chi connectivity index (χ4n) is 1.83. The van der Waals surface area contributed by atoms with Crippen LogP contribution in [0.4, 0.5) is 0 Å². The first-order valence-electron chi connectivity index (χ1n) is 6.25. The van der Waals surface area contributed by atoms with Crippen molar-refractivity contribution in [3.8, 4) is 18.1 Å². The molecule has 0 aromatic heterocycles. The van der Waals surface area contributed by atoms with Crippen molar-refractivity contribution in [3.63, 3.8) is 0 Å². The van der Waals surface area contributed by atoms with E-state index in [1.165, 1.54) is 6.92 Å². The van der Waals surface area contributed by atoms with Crippen LogP contribution in [0.15, 0.2) is 17.0 Å². The number of nitrogens with one attached hydrogen (secondary N) is 1. The fraction of sp³-hybridized carbons (Fsp3) is 0.357. The second-order valence-corrected chi connectivity index (χ2v) is 6.26. The first-order valence-corrected chi connectivity index (χ1v) is 7.74. The van der Waals surface area contributed by atoms with Crippen molar-refractivity contribution >= 4 is 16.0 Å². The third-order valence-electron chi connectivity index (χ3n) is 2.99. The van der Waals surface area contributed by atoms with E-state index in [2.05, 4.69) is 10.6 Å². The van der Waals surface area contributed by atoms with Gasteiger partial charge in [-0.1, -0.05) is 6.92 Å². The van der Waals surface area contributed by atoms with Crippen LogP contribution in [-0.4, -0.2) is 30.6 Å². The largest absolute Gasteiger partial charge is 0.507 e. The van der Waals surface area contributed by atoms with Crippen molar-refractivity contribution in [2.24, 2.45) is 0 Å². The van der Waals surface area contributed by atoms with Crippen molar-refractivity contribution in [3.05, 3.63) is 23.3 Å². The summed E-state index contributed by atoms with van der Waals surface area (Å²) in [7, 11) is -3.92. The number of sulfonamides is 1. The Morgan fingerprint density at radius 1 is 1.48 bits per heavy atom. The molecule has 0 bridgehead atoms. The molecule has 0 spiro atoms. The molecule has 1 aromatic rings. The van der Waals surface area contributed by atoms with Gasteiger partial charge in [0.15, 0.2) is 0 Å². The molecule has 0 aliphatic heterocycles. The minimum Gasteiger partial charge on any atom is -0.507 e. The Hall–Kier alpha value is -2.04. The van der Waals surface area contributed by atoms with E-state index in [0.29, 0.717) is 6.42 Å². The molecule has 0 saturated heterocycles. The summed E-state index contributed by atoms with van der Waals surface area (Å²) >= 11 is 0. The van der Waals surface area contributed by atoms with E-state index in [1.807, 2.05) is 0 Å². The van der Waals surface area contributed by atoms with Crippen molar-refractivity contribution in [1.82, 2.24) is 4.72 Å². The molecule has 1 unspecified atom stereocenters. The van der Waals surface area contributed by atoms with Crippen LogP contribution in [0.3, 0.4) is 0 Å². The predicted molar refractivity (Wildman–Crippen MR) is 77.7 cm³/mol. The number of carbonyl (C=O) groups is 1. The highest BCUT2D eigenvalue weighted by Crippen LogP contribution is 2.25. The van der Waals surface area contributed by atoms with E-state index >= 15 is 0 Å². The summed E-state index contributed by atoms with van der Waals surface area (Å²) in [6.45, 7) is 3.26. The average Bonchev–Trinajstić information content (AvgIpc) is 2.37. The van der Waals surface area contributed by atoms with Gasteiger partial charge in [-0.05, 0) is 31.0 Å². The van der Waals surface area contributed by atoms with Gasteiger partial charge in [0.25, 0.3) is 0 Å². The molecule has 0 aliphatic carbocycles. The zero-order valence-electron chi connectivity index (χ0n) is 11.8. The lowest BCUT2D eigenvalue weighted by Gasteiger charge is -2.16. The van der Waals surface area contributed by atoms with Crippen LogP contribution in [-0.2, 0) is 10.0 Å². The molecule has 0 aliphatic rings. The molecule has 1 aromatic carbocycles. The van der Waals surface area contributed by atoms with Crippen molar-refractivity contribution < 1.29 is 23.4 Å². The van der Waals surface area contributed by atoms with E-state index in [-0.39, 0.29) is 16.9 Å². The summed E-state index contributed by atoms with van der Waals surface area (Å²) in [5, 5.41) is 18.5. The minimum absolute atomic E-state index is 0.187. The molecule has 0 radical (unpaired) electrons. The van der Waals surface area contributed by atoms with Crippen LogP contribution in [0, 0.1) is 19.3 Å². The van der Waals surface area contributed by atoms with Gasteiger partial charge in [-0.3, -0.25) is 0 Å². The predicted octanol–water partition coefficient (Wildman–Crippen LogP) is 1.48. The highest BCUT2D eigenvalue weighted by molar-refractivity contribution is 7.89. The molecule has 21 heavy (non-hydrogen) atoms. The number of phenols is 1. The van der Waals surface area contributed by atoms with Crippen molar-refractivity contribution in [2.75, 3.05) is 0 Å². The number of aromatic hydroxyl groups is 1. The van der Waals surface area contributed by atoms with Gasteiger partial charge in [0.05, 0.1) is 4.90 Å².